The van der Waals surface area contributed by atoms with Gasteiger partial charge in [0.2, 0.25) is 0 Å². The number of hydrogen-bond acceptors (Lipinski definition) is 3. The van der Waals surface area contributed by atoms with Gasteiger partial charge in [-0.05, 0) is 47.7 Å². The Morgan fingerprint density at radius 3 is 2.09 bits per heavy atom. The zero-order chi connectivity index (χ0) is 15.4. The summed E-state index contributed by atoms with van der Waals surface area (Å²) >= 11 is 0.914. The molecule has 1 aliphatic rings. The summed E-state index contributed by atoms with van der Waals surface area (Å²) in [4.78, 5) is 23.0. The first-order valence-corrected chi connectivity index (χ1v) is 7.44. The van der Waals surface area contributed by atoms with Crippen molar-refractivity contribution in [1.82, 2.24) is 5.32 Å². The monoisotopic (exact) mass is 305 g/mol. The molecule has 1 fully saturated rings. The van der Waals surface area contributed by atoms with Crippen molar-refractivity contribution in [3.8, 4) is 11.8 Å². The number of carbonyl (C=O) groups excluding carboxylic acids is 2. The zero-order valence-corrected chi connectivity index (χ0v) is 12.3. The van der Waals surface area contributed by atoms with E-state index in [4.69, 9.17) is 0 Å². The fourth-order valence-corrected chi connectivity index (χ4v) is 2.58. The summed E-state index contributed by atoms with van der Waals surface area (Å²) in [5.74, 6) is 5.83. The molecule has 0 saturated carbocycles. The van der Waals surface area contributed by atoms with Gasteiger partial charge < -0.3 is 0 Å². The lowest BCUT2D eigenvalue weighted by Crippen LogP contribution is -2.17. The van der Waals surface area contributed by atoms with Crippen molar-refractivity contribution >= 4 is 29.0 Å². The number of benzene rings is 2. The molecule has 0 atom stereocenters. The van der Waals surface area contributed by atoms with Crippen LogP contribution in [0.25, 0.3) is 6.08 Å². The van der Waals surface area contributed by atoms with E-state index in [2.05, 4.69) is 17.2 Å². The Morgan fingerprint density at radius 2 is 1.50 bits per heavy atom. The molecule has 0 unspecified atom stereocenters. The van der Waals surface area contributed by atoms with Crippen molar-refractivity contribution in [2.75, 3.05) is 0 Å². The number of thioether (sulfide) groups is 1. The standard InChI is InChI=1S/C18H11NO2S/c20-17-16(22-18(21)19-17)12-15-10-8-14(9-11-15)7-6-13-4-2-1-3-5-13/h1-5,8-12H,(H,19,20,21)/b16-12-. The summed E-state index contributed by atoms with van der Waals surface area (Å²) < 4.78 is 0. The van der Waals surface area contributed by atoms with Crippen LogP contribution in [-0.2, 0) is 4.79 Å². The molecule has 0 aliphatic carbocycles. The summed E-state index contributed by atoms with van der Waals surface area (Å²) in [6, 6.07) is 17.3. The van der Waals surface area contributed by atoms with Crippen molar-refractivity contribution in [3.63, 3.8) is 0 Å². The van der Waals surface area contributed by atoms with Gasteiger partial charge in [-0.15, -0.1) is 0 Å². The second-order valence-electron chi connectivity index (χ2n) is 4.59. The lowest BCUT2D eigenvalue weighted by molar-refractivity contribution is -0.115. The molecule has 0 aromatic heterocycles. The van der Waals surface area contributed by atoms with Gasteiger partial charge in [0.1, 0.15) is 0 Å². The van der Waals surface area contributed by atoms with Crippen LogP contribution in [0.15, 0.2) is 59.5 Å². The summed E-state index contributed by atoms with van der Waals surface area (Å²) in [5.41, 5.74) is 2.72. The number of rotatable bonds is 1. The molecule has 1 N–H and O–H groups in total. The summed E-state index contributed by atoms with van der Waals surface area (Å²) in [6.07, 6.45) is 1.69. The number of hydrogen-bond donors (Lipinski definition) is 1. The topological polar surface area (TPSA) is 46.2 Å². The number of carbonyl (C=O) groups is 2. The SMILES string of the molecule is O=C1NC(=O)/C(=C/c2ccc(C#Cc3ccccc3)cc2)S1. The molecule has 2 amide bonds. The first-order valence-electron chi connectivity index (χ1n) is 6.63. The number of imide groups is 1. The van der Waals surface area contributed by atoms with Crippen LogP contribution in [0.1, 0.15) is 16.7 Å². The third-order valence-corrected chi connectivity index (χ3v) is 3.79. The first kappa shape index (κ1) is 14.2. The van der Waals surface area contributed by atoms with E-state index < -0.39 is 0 Å². The van der Waals surface area contributed by atoms with Gasteiger partial charge in [0.25, 0.3) is 11.1 Å². The van der Waals surface area contributed by atoms with Crippen molar-refractivity contribution in [1.29, 1.82) is 0 Å². The normalized spacial score (nSPS) is 15.4. The minimum atomic E-state index is -0.344. The quantitative estimate of drug-likeness (QED) is 0.649. The third-order valence-electron chi connectivity index (χ3n) is 2.98. The second kappa shape index (κ2) is 6.33. The molecule has 2 aromatic rings. The van der Waals surface area contributed by atoms with Gasteiger partial charge >= 0.3 is 0 Å². The molecule has 0 bridgehead atoms. The fraction of sp³-hybridized carbons (Fsp3) is 0. The maximum absolute atomic E-state index is 11.5. The molecular formula is C18H11NO2S. The van der Waals surface area contributed by atoms with Crippen molar-refractivity contribution in [2.24, 2.45) is 0 Å². The minimum Gasteiger partial charge on any atom is -0.282 e. The van der Waals surface area contributed by atoms with Crippen LogP contribution in [0.3, 0.4) is 0 Å². The van der Waals surface area contributed by atoms with Crippen LogP contribution in [-0.4, -0.2) is 11.1 Å². The van der Waals surface area contributed by atoms with Crippen molar-refractivity contribution in [2.45, 2.75) is 0 Å². The van der Waals surface area contributed by atoms with Gasteiger partial charge in [-0.2, -0.15) is 0 Å². The number of amides is 2. The fourth-order valence-electron chi connectivity index (χ4n) is 1.90. The molecule has 3 rings (SSSR count). The van der Waals surface area contributed by atoms with E-state index in [0.717, 1.165) is 28.5 Å². The average molecular weight is 305 g/mol. The smallest absolute Gasteiger partial charge is 0.282 e. The molecule has 3 nitrogen and oxygen atoms in total. The van der Waals surface area contributed by atoms with E-state index >= 15 is 0 Å². The minimum absolute atomic E-state index is 0.332. The van der Waals surface area contributed by atoms with E-state index in [0.29, 0.717) is 4.91 Å². The van der Waals surface area contributed by atoms with Gasteiger partial charge in [0, 0.05) is 11.1 Å². The molecule has 22 heavy (non-hydrogen) atoms. The van der Waals surface area contributed by atoms with Crippen LogP contribution in [0.2, 0.25) is 0 Å². The Bertz CT molecular complexity index is 812. The van der Waals surface area contributed by atoms with Crippen LogP contribution in [0.5, 0.6) is 0 Å². The molecule has 1 heterocycles. The van der Waals surface area contributed by atoms with Gasteiger partial charge in [-0.25, -0.2) is 0 Å². The molecule has 1 saturated heterocycles. The molecule has 2 aromatic carbocycles. The molecule has 106 valence electrons. The largest absolute Gasteiger partial charge is 0.290 e. The highest BCUT2D eigenvalue weighted by atomic mass is 32.2. The summed E-state index contributed by atoms with van der Waals surface area (Å²) in [6.45, 7) is 0. The van der Waals surface area contributed by atoms with Crippen LogP contribution < -0.4 is 5.32 Å². The van der Waals surface area contributed by atoms with E-state index in [-0.39, 0.29) is 11.1 Å². The Balaban J connectivity index is 1.77. The maximum Gasteiger partial charge on any atom is 0.290 e. The van der Waals surface area contributed by atoms with E-state index in [1.807, 2.05) is 54.6 Å². The zero-order valence-electron chi connectivity index (χ0n) is 11.5. The summed E-state index contributed by atoms with van der Waals surface area (Å²) in [5, 5.41) is 1.90. The van der Waals surface area contributed by atoms with Gasteiger partial charge in [0.05, 0.1) is 4.91 Å². The lowest BCUT2D eigenvalue weighted by atomic mass is 10.1. The predicted octanol–water partition coefficient (Wildman–Crippen LogP) is 3.41. The van der Waals surface area contributed by atoms with Gasteiger partial charge in [0.15, 0.2) is 0 Å². The molecule has 0 radical (unpaired) electrons. The maximum atomic E-state index is 11.5. The number of nitrogens with one attached hydrogen (secondary N) is 1. The lowest BCUT2D eigenvalue weighted by Gasteiger charge is -1.96. The van der Waals surface area contributed by atoms with Gasteiger partial charge in [-0.3, -0.25) is 14.9 Å². The van der Waals surface area contributed by atoms with Crippen molar-refractivity contribution < 1.29 is 9.59 Å². The third kappa shape index (κ3) is 3.46. The Labute approximate surface area is 132 Å². The molecule has 4 heteroatoms. The highest BCUT2D eigenvalue weighted by Gasteiger charge is 2.24. The van der Waals surface area contributed by atoms with Crippen LogP contribution in [0, 0.1) is 11.8 Å². The highest BCUT2D eigenvalue weighted by molar-refractivity contribution is 8.18. The Hall–Kier alpha value is -2.77. The predicted molar refractivity (Wildman–Crippen MR) is 88.0 cm³/mol. The second-order valence-corrected chi connectivity index (χ2v) is 5.61. The van der Waals surface area contributed by atoms with E-state index in [9.17, 15) is 9.59 Å². The highest BCUT2D eigenvalue weighted by Crippen LogP contribution is 2.25. The van der Waals surface area contributed by atoms with E-state index in [1.165, 1.54) is 0 Å². The first-order chi connectivity index (χ1) is 10.7. The molecule has 1 aliphatic heterocycles. The van der Waals surface area contributed by atoms with E-state index in [1.54, 1.807) is 6.08 Å². The summed E-state index contributed by atoms with van der Waals surface area (Å²) in [7, 11) is 0. The molecule has 0 spiro atoms. The average Bonchev–Trinajstić information content (AvgIpc) is 2.85. The van der Waals surface area contributed by atoms with Crippen LogP contribution in [0.4, 0.5) is 4.79 Å². The Kier molecular flexibility index (Phi) is 4.08. The van der Waals surface area contributed by atoms with Gasteiger partial charge in [-0.1, -0.05) is 42.2 Å². The molecular weight excluding hydrogens is 294 g/mol. The van der Waals surface area contributed by atoms with Crippen LogP contribution >= 0.6 is 11.8 Å². The van der Waals surface area contributed by atoms with Crippen molar-refractivity contribution in [3.05, 3.63) is 76.2 Å². The Morgan fingerprint density at radius 1 is 0.864 bits per heavy atom.